The number of fused-ring (bicyclic) bond motifs is 8. The SMILES string of the molecule is CC1CCC2C(C)C(=NCCC(=O)NC(Cc3cnc[nH]3)C(=O)[O-])OC3OC4(C)CCC1C32OO4.CC1CCC2C(C)C(=NCCC(=O)NC(Cc3cnc[nH]3)C(=O)[O-])OC3OC4(C)CCC1C32OO4.CC1CCC2C(C)C(=O)N(CCC(=O)NC(Cc3cnc[nH]3)C(=O)[O-])C3OC4(C)CCC1C23OO4.CC1CCC2C(C)C(=O)OC3OC4(C)CCC1C32OO4.NCCC(=O)NC(CC1=CN=CC1)C(=O)O.O=CO[O-].[Na+].[Na+].[Na+].[Na+]. The third kappa shape index (κ3) is 26.5. The second-order valence-electron chi connectivity index (χ2n) is 42.6. The second kappa shape index (κ2) is 52.2. The van der Waals surface area contributed by atoms with E-state index in [-0.39, 0.29) is 285 Å². The molecule has 5 amide bonds. The number of rotatable bonds is 28. The molecule has 47 nitrogen and oxygen atoms in total. The summed E-state index contributed by atoms with van der Waals surface area (Å²) in [6.07, 6.45) is 25.5. The molecular weight excluding hydrogens is 1990 g/mol. The van der Waals surface area contributed by atoms with Gasteiger partial charge in [0.05, 0.1) is 74.0 Å². The number of H-pyrrole nitrogens is 3. The number of aromatic amines is 3. The van der Waals surface area contributed by atoms with E-state index in [1.165, 1.54) is 37.6 Å². The first-order chi connectivity index (χ1) is 69.1. The average Bonchev–Trinajstić information content (AvgIpc) is 1.63. The van der Waals surface area contributed by atoms with Crippen molar-refractivity contribution in [1.82, 2.24) is 56.1 Å². The summed E-state index contributed by atoms with van der Waals surface area (Å²) >= 11 is 0. The summed E-state index contributed by atoms with van der Waals surface area (Å²) in [4.78, 5) is 213. The molecular formula is C98H137N15Na4O32. The molecule has 10 N–H and O–H groups in total. The van der Waals surface area contributed by atoms with Crippen LogP contribution in [0.2, 0.25) is 0 Å². The summed E-state index contributed by atoms with van der Waals surface area (Å²) in [5.41, 5.74) is 5.13. The molecule has 3 aromatic rings. The summed E-state index contributed by atoms with van der Waals surface area (Å²) < 4.78 is 43.3. The Morgan fingerprint density at radius 2 is 0.812 bits per heavy atom. The van der Waals surface area contributed by atoms with Crippen molar-refractivity contribution in [3.8, 4) is 0 Å². The van der Waals surface area contributed by atoms with E-state index in [2.05, 4.69) is 113 Å². The number of carbonyl (C=O) groups is 11. The Hall–Kier alpha value is -6.41. The summed E-state index contributed by atoms with van der Waals surface area (Å²) in [5, 5.41) is 61.8. The Bertz CT molecular complexity index is 5080. The first-order valence-corrected chi connectivity index (χ1v) is 50.8. The quantitative estimate of drug-likeness (QED) is 0.0107. The molecule has 32 atom stereocenters. The van der Waals surface area contributed by atoms with Crippen molar-refractivity contribution >= 4 is 83.9 Å². The molecule has 32 unspecified atom stereocenters. The van der Waals surface area contributed by atoms with Gasteiger partial charge >= 0.3 is 130 Å². The van der Waals surface area contributed by atoms with E-state index in [0.717, 1.165) is 102 Å². The number of likely N-dealkylation sites (tertiary alicyclic amines) is 1. The maximum atomic E-state index is 13.5. The molecule has 4 spiro atoms. The van der Waals surface area contributed by atoms with Gasteiger partial charge in [0.1, 0.15) is 6.04 Å². The number of esters is 1. The Morgan fingerprint density at radius 3 is 1.16 bits per heavy atom. The van der Waals surface area contributed by atoms with E-state index < -0.39 is 136 Å². The van der Waals surface area contributed by atoms with Crippen LogP contribution in [0.1, 0.15) is 241 Å². The Kier molecular flexibility index (Phi) is 43.0. The molecule has 3 aromatic heterocycles. The van der Waals surface area contributed by atoms with Crippen molar-refractivity contribution < 1.29 is 274 Å². The van der Waals surface area contributed by atoms with Gasteiger partial charge < -0.3 is 125 Å². The number of hydrogen-bond acceptors (Lipinski definition) is 38. The molecule has 16 saturated heterocycles. The van der Waals surface area contributed by atoms with Gasteiger partial charge in [0.15, 0.2) is 40.4 Å². The summed E-state index contributed by atoms with van der Waals surface area (Å²) in [6, 6.07) is -4.43. The third-order valence-corrected chi connectivity index (χ3v) is 33.1. The van der Waals surface area contributed by atoms with Crippen LogP contribution in [0.3, 0.4) is 0 Å². The van der Waals surface area contributed by atoms with Crippen LogP contribution in [0.15, 0.2) is 64.3 Å². The summed E-state index contributed by atoms with van der Waals surface area (Å²) in [5.74, 6) is -6.81. The van der Waals surface area contributed by atoms with Crippen molar-refractivity contribution in [2.75, 3.05) is 26.2 Å². The third-order valence-electron chi connectivity index (χ3n) is 33.1. The second-order valence-corrected chi connectivity index (χ2v) is 42.6. The van der Waals surface area contributed by atoms with E-state index in [9.17, 15) is 63.3 Å². The number of piperidine rings is 1. The smallest absolute Gasteiger partial charge is 0.662 e. The number of carboxylic acid groups (broad SMARTS) is 4. The normalized spacial score (nSPS) is 37.5. The number of nitrogens with two attached hydrogens (primary N) is 1. The number of nitrogens with one attached hydrogen (secondary N) is 7. The van der Waals surface area contributed by atoms with Gasteiger partial charge in [0, 0.05) is 204 Å². The minimum atomic E-state index is -1.39. The molecule has 149 heavy (non-hydrogen) atoms. The zero-order valence-electron chi connectivity index (χ0n) is 87.9. The van der Waals surface area contributed by atoms with Gasteiger partial charge in [0.25, 0.3) is 6.47 Å². The molecule has 17 aliphatic heterocycles. The van der Waals surface area contributed by atoms with Crippen molar-refractivity contribution in [2.24, 2.45) is 115 Å². The van der Waals surface area contributed by atoms with E-state index in [1.807, 2.05) is 41.5 Å². The van der Waals surface area contributed by atoms with Crippen molar-refractivity contribution in [2.45, 2.75) is 338 Å². The monoisotopic (exact) mass is 2130 g/mol. The molecule has 800 valence electrons. The van der Waals surface area contributed by atoms with Crippen LogP contribution in [-0.2, 0) is 149 Å². The predicted octanol–water partition coefficient (Wildman–Crippen LogP) is -9.52. The van der Waals surface area contributed by atoms with Crippen LogP contribution in [-0.4, -0.2) is 245 Å². The first-order valence-electron chi connectivity index (χ1n) is 50.8. The molecule has 51 heteroatoms. The van der Waals surface area contributed by atoms with Crippen LogP contribution in [0.5, 0.6) is 0 Å². The first kappa shape index (κ1) is 123. The standard InChI is InChI=1S/3C24H34N4O7.C15H22O5.C10H15N3O3.CH2O3.4Na/c1-13-4-5-17-14(2)20(30)28(22-24(17)16(13)6-8-23(3,33-22)34-35-24)9-7-19(29)27-18(21(31)32)10-15-11-25-12-26-15;2*1-13-4-5-17-14(2)20(32-22-24(17)16(13)6-8-23(3,33-22)34-35-24)26-9-7-19(29)28-18(21(30)31)10-15-11-25-12-27-15;1-8-4-5-11-9(2)12(16)17-13-15(11)10(8)6-7-14(3,18-13)19-20-15;11-3-1-9(14)13-8(10(15)16)5-7-2-4-12-6-7;2-1-4-3;;;;/h11-14,16-18,22H,4-10H2,1-3H3,(H,25,26)(H,27,29)(H,31,32);2*11-14,16-18,22H,4-10H2,1-3H3,(H,25,27)(H,28,29)(H,30,31);8-11,13H,4-7H2,1-3H3;4,6,8H,1-3,5,11H2,(H,13,14)(H,15,16);1,3H;;;;/q;;;;;;4*+1/p-4. The van der Waals surface area contributed by atoms with Crippen molar-refractivity contribution in [3.05, 3.63) is 66.4 Å². The van der Waals surface area contributed by atoms with E-state index in [0.29, 0.717) is 71.3 Å². The molecule has 0 radical (unpaired) electrons. The number of amides is 5. The molecule has 4 aliphatic carbocycles. The topological polar surface area (TPSA) is 648 Å². The Morgan fingerprint density at radius 1 is 0.470 bits per heavy atom. The molecule has 20 fully saturated rings. The van der Waals surface area contributed by atoms with Crippen LogP contribution >= 0.6 is 0 Å². The number of carboxylic acids is 4. The van der Waals surface area contributed by atoms with Crippen LogP contribution < -0.4 is 166 Å². The summed E-state index contributed by atoms with van der Waals surface area (Å²) in [6.45, 7) is 24.9. The van der Waals surface area contributed by atoms with E-state index >= 15 is 0 Å². The van der Waals surface area contributed by atoms with Crippen LogP contribution in [0.4, 0.5) is 0 Å². The number of aromatic nitrogens is 6. The maximum Gasteiger partial charge on any atom is 1.00 e. The zero-order chi connectivity index (χ0) is 104. The van der Waals surface area contributed by atoms with Crippen molar-refractivity contribution in [3.63, 3.8) is 0 Å². The van der Waals surface area contributed by atoms with Gasteiger partial charge in [-0.15, -0.1) is 0 Å². The van der Waals surface area contributed by atoms with E-state index in [1.54, 1.807) is 17.3 Å². The number of aliphatic imine (C=N–C) groups is 3. The Balaban J connectivity index is 0.000000178. The number of nitrogens with zero attached hydrogens (tertiary/aromatic N) is 7. The van der Waals surface area contributed by atoms with Gasteiger partial charge in [-0.1, -0.05) is 55.4 Å². The number of hydrogen-bond donors (Lipinski definition) is 9. The van der Waals surface area contributed by atoms with Gasteiger partial charge in [-0.05, 0) is 140 Å². The minimum absolute atomic E-state index is 0. The molecule has 8 bridgehead atoms. The van der Waals surface area contributed by atoms with Gasteiger partial charge in [-0.2, -0.15) is 0 Å². The van der Waals surface area contributed by atoms with Gasteiger partial charge in [-0.25, -0.2) is 58.8 Å². The molecule has 0 aromatic carbocycles. The van der Waals surface area contributed by atoms with Crippen LogP contribution in [0, 0.1) is 94.7 Å². The fourth-order valence-corrected chi connectivity index (χ4v) is 25.4. The van der Waals surface area contributed by atoms with Gasteiger partial charge in [0.2, 0.25) is 71.6 Å². The average molecular weight is 2130 g/mol. The fourth-order valence-electron chi connectivity index (χ4n) is 25.4. The predicted molar refractivity (Wildman–Crippen MR) is 490 cm³/mol. The zero-order valence-corrected chi connectivity index (χ0v) is 95.9. The largest absolute Gasteiger partial charge is 1.00 e. The molecule has 24 rings (SSSR count). The number of ether oxygens (including phenoxy) is 7. The number of aliphatic carboxylic acids is 4. The minimum Gasteiger partial charge on any atom is -0.662 e. The summed E-state index contributed by atoms with van der Waals surface area (Å²) in [7, 11) is 0. The molecule has 4 saturated carbocycles. The fraction of sp³-hybridized carbons (Fsp3) is 0.745. The maximum absolute atomic E-state index is 13.5. The van der Waals surface area contributed by atoms with Crippen molar-refractivity contribution in [1.29, 1.82) is 0 Å². The molecule has 21 aliphatic rings. The van der Waals surface area contributed by atoms with E-state index in [4.69, 9.17) is 93.2 Å². The van der Waals surface area contributed by atoms with Gasteiger partial charge in [-0.3, -0.25) is 48.5 Å². The number of carbonyl (C=O) groups excluding carboxylic acids is 10. The Labute approximate surface area is 951 Å². The molecule has 20 heterocycles. The van der Waals surface area contributed by atoms with Crippen LogP contribution in [0.25, 0.3) is 0 Å². The number of imidazole rings is 3.